The van der Waals surface area contributed by atoms with Crippen LogP contribution in [-0.4, -0.2) is 36.5 Å². The van der Waals surface area contributed by atoms with Gasteiger partial charge in [0.2, 0.25) is 0 Å². The lowest BCUT2D eigenvalue weighted by Crippen LogP contribution is -2.41. The Bertz CT molecular complexity index is 534. The van der Waals surface area contributed by atoms with Crippen molar-refractivity contribution in [3.8, 4) is 0 Å². The smallest absolute Gasteiger partial charge is 0.399 e. The van der Waals surface area contributed by atoms with Crippen LogP contribution in [-0.2, 0) is 14.0 Å². The highest BCUT2D eigenvalue weighted by Gasteiger charge is 2.51. The molecule has 5 heteroatoms. The van der Waals surface area contributed by atoms with E-state index in [1.807, 2.05) is 6.20 Å². The van der Waals surface area contributed by atoms with Crippen LogP contribution in [0.25, 0.3) is 0 Å². The van der Waals surface area contributed by atoms with Gasteiger partial charge in [-0.25, -0.2) is 0 Å². The molecule has 0 saturated carbocycles. The average Bonchev–Trinajstić information content (AvgIpc) is 2.74. The van der Waals surface area contributed by atoms with E-state index in [4.69, 9.17) is 19.0 Å². The Morgan fingerprint density at radius 1 is 1.08 bits per heavy atom. The zero-order valence-corrected chi connectivity index (χ0v) is 15.7. The van der Waals surface area contributed by atoms with Crippen molar-refractivity contribution in [1.82, 2.24) is 4.98 Å². The molecule has 0 spiro atoms. The molecule has 4 nitrogen and oxygen atoms in total. The van der Waals surface area contributed by atoms with Gasteiger partial charge < -0.3 is 14.0 Å². The van der Waals surface area contributed by atoms with E-state index in [0.29, 0.717) is 11.8 Å². The normalized spacial score (nSPS) is 27.7. The van der Waals surface area contributed by atoms with E-state index < -0.39 is 0 Å². The van der Waals surface area contributed by atoms with Crippen LogP contribution in [0.2, 0.25) is 0 Å². The van der Waals surface area contributed by atoms with Gasteiger partial charge in [0.05, 0.1) is 11.2 Å². The van der Waals surface area contributed by atoms with Crippen molar-refractivity contribution in [2.24, 2.45) is 5.92 Å². The fourth-order valence-electron chi connectivity index (χ4n) is 3.47. The molecular weight excluding hydrogens is 301 g/mol. The summed E-state index contributed by atoms with van der Waals surface area (Å²) in [5.41, 5.74) is 1.52. The topological polar surface area (TPSA) is 40.6 Å². The van der Waals surface area contributed by atoms with E-state index in [1.165, 1.54) is 6.42 Å². The highest BCUT2D eigenvalue weighted by atomic mass is 16.7. The molecule has 2 saturated heterocycles. The van der Waals surface area contributed by atoms with Gasteiger partial charge in [-0.2, -0.15) is 0 Å². The van der Waals surface area contributed by atoms with Crippen LogP contribution >= 0.6 is 0 Å². The van der Waals surface area contributed by atoms with E-state index in [1.54, 1.807) is 0 Å². The van der Waals surface area contributed by atoms with Crippen LogP contribution in [0.15, 0.2) is 18.3 Å². The van der Waals surface area contributed by atoms with Crippen molar-refractivity contribution in [2.75, 3.05) is 13.2 Å². The van der Waals surface area contributed by atoms with Crippen LogP contribution < -0.4 is 5.46 Å². The van der Waals surface area contributed by atoms with Crippen LogP contribution in [0.1, 0.15) is 65.5 Å². The molecule has 3 rings (SSSR count). The Kier molecular flexibility index (Phi) is 5.05. The summed E-state index contributed by atoms with van der Waals surface area (Å²) in [7, 11) is -0.335. The third kappa shape index (κ3) is 3.53. The van der Waals surface area contributed by atoms with Crippen LogP contribution in [0.5, 0.6) is 0 Å². The minimum absolute atomic E-state index is 0.315. The number of ether oxygens (including phenoxy) is 1. The number of nitrogens with zero attached hydrogens (tertiary/aromatic N) is 1. The predicted molar refractivity (Wildman–Crippen MR) is 96.5 cm³/mol. The maximum Gasteiger partial charge on any atom is 0.496 e. The number of rotatable bonds is 3. The first kappa shape index (κ1) is 17.9. The molecule has 0 amide bonds. The first-order chi connectivity index (χ1) is 11.3. The summed E-state index contributed by atoms with van der Waals surface area (Å²) in [6, 6.07) is 4.24. The summed E-state index contributed by atoms with van der Waals surface area (Å²) < 4.78 is 17.8. The molecule has 2 fully saturated rings. The molecule has 2 atom stereocenters. The Labute approximate surface area is 146 Å². The maximum atomic E-state index is 6.10. The van der Waals surface area contributed by atoms with E-state index in [2.05, 4.69) is 46.8 Å². The quantitative estimate of drug-likeness (QED) is 0.797. The third-order valence-corrected chi connectivity index (χ3v) is 6.00. The molecule has 3 heterocycles. The number of aromatic nitrogens is 1. The molecule has 0 aliphatic carbocycles. The van der Waals surface area contributed by atoms with Crippen LogP contribution in [0.3, 0.4) is 0 Å². The van der Waals surface area contributed by atoms with E-state index >= 15 is 0 Å². The van der Waals surface area contributed by atoms with Crippen LogP contribution in [0, 0.1) is 5.92 Å². The molecule has 132 valence electrons. The number of hydrogen-bond acceptors (Lipinski definition) is 4. The second kappa shape index (κ2) is 6.78. The third-order valence-electron chi connectivity index (χ3n) is 6.00. The van der Waals surface area contributed by atoms with Crippen molar-refractivity contribution in [2.45, 2.75) is 71.0 Å². The Hall–Kier alpha value is -0.905. The Balaban J connectivity index is 1.69. The lowest BCUT2D eigenvalue weighted by Gasteiger charge is -2.32. The summed E-state index contributed by atoms with van der Waals surface area (Å²) in [5.74, 6) is 1.11. The fourth-order valence-corrected chi connectivity index (χ4v) is 3.47. The highest BCUT2D eigenvalue weighted by Crippen LogP contribution is 2.36. The van der Waals surface area contributed by atoms with Gasteiger partial charge >= 0.3 is 7.12 Å². The number of hydrogen-bond donors (Lipinski definition) is 0. The molecule has 24 heavy (non-hydrogen) atoms. The minimum Gasteiger partial charge on any atom is -0.399 e. The molecule has 1 aromatic rings. The van der Waals surface area contributed by atoms with E-state index in [9.17, 15) is 0 Å². The monoisotopic (exact) mass is 331 g/mol. The van der Waals surface area contributed by atoms with Crippen molar-refractivity contribution < 1.29 is 14.0 Å². The zero-order chi connectivity index (χ0) is 17.4. The molecular formula is C19H30BNO3. The standard InChI is InChI=1S/C19H30BNO3/c1-14(15-7-6-11-22-12-10-15)17-9-8-16(13-21-17)20-23-18(2,3)19(4,5)24-20/h8-9,13-15H,6-7,10-12H2,1-5H3. The summed E-state index contributed by atoms with van der Waals surface area (Å²) in [6.45, 7) is 12.4. The van der Waals surface area contributed by atoms with Gasteiger partial charge in [0.25, 0.3) is 0 Å². The molecule has 2 unspecified atom stereocenters. The Morgan fingerprint density at radius 3 is 2.42 bits per heavy atom. The van der Waals surface area contributed by atoms with Crippen molar-refractivity contribution >= 4 is 12.6 Å². The maximum absolute atomic E-state index is 6.10. The molecule has 2 aliphatic heterocycles. The second-order valence-electron chi connectivity index (χ2n) is 8.20. The van der Waals surface area contributed by atoms with Gasteiger partial charge in [0, 0.05) is 36.5 Å². The fraction of sp³-hybridized carbons (Fsp3) is 0.737. The molecule has 0 N–H and O–H groups in total. The van der Waals surface area contributed by atoms with Gasteiger partial charge in [0.1, 0.15) is 0 Å². The summed E-state index contributed by atoms with van der Waals surface area (Å²) in [5, 5.41) is 0. The van der Waals surface area contributed by atoms with E-state index in [-0.39, 0.29) is 18.3 Å². The molecule has 1 aromatic heterocycles. The van der Waals surface area contributed by atoms with Gasteiger partial charge in [-0.3, -0.25) is 4.98 Å². The first-order valence-corrected chi connectivity index (χ1v) is 9.19. The van der Waals surface area contributed by atoms with E-state index in [0.717, 1.165) is 37.2 Å². The SMILES string of the molecule is CC(c1ccc(B2OC(C)(C)C(C)(C)O2)cn1)C1CCCOCC1. The van der Waals surface area contributed by atoms with Crippen LogP contribution in [0.4, 0.5) is 0 Å². The largest absolute Gasteiger partial charge is 0.496 e. The first-order valence-electron chi connectivity index (χ1n) is 9.19. The highest BCUT2D eigenvalue weighted by molar-refractivity contribution is 6.62. The molecule has 0 aromatic carbocycles. The second-order valence-corrected chi connectivity index (χ2v) is 8.20. The molecule has 0 radical (unpaired) electrons. The molecule has 2 aliphatic rings. The Morgan fingerprint density at radius 2 is 1.79 bits per heavy atom. The zero-order valence-electron chi connectivity index (χ0n) is 15.7. The van der Waals surface area contributed by atoms with Gasteiger partial charge in [-0.05, 0) is 58.9 Å². The summed E-state index contributed by atoms with van der Waals surface area (Å²) in [6.07, 6.45) is 5.42. The van der Waals surface area contributed by atoms with Crippen molar-refractivity contribution in [3.63, 3.8) is 0 Å². The van der Waals surface area contributed by atoms with Crippen molar-refractivity contribution in [1.29, 1.82) is 0 Å². The summed E-state index contributed by atoms with van der Waals surface area (Å²) in [4.78, 5) is 4.72. The summed E-state index contributed by atoms with van der Waals surface area (Å²) >= 11 is 0. The number of pyridine rings is 1. The lowest BCUT2D eigenvalue weighted by atomic mass is 9.79. The van der Waals surface area contributed by atoms with Gasteiger partial charge in [-0.15, -0.1) is 0 Å². The van der Waals surface area contributed by atoms with Gasteiger partial charge in [-0.1, -0.05) is 13.0 Å². The average molecular weight is 331 g/mol. The predicted octanol–water partition coefficient (Wildman–Crippen LogP) is 3.30. The minimum atomic E-state index is -0.335. The van der Waals surface area contributed by atoms with Gasteiger partial charge in [0.15, 0.2) is 0 Å². The molecule has 0 bridgehead atoms. The lowest BCUT2D eigenvalue weighted by molar-refractivity contribution is 0.00578. The van der Waals surface area contributed by atoms with Crippen molar-refractivity contribution in [3.05, 3.63) is 24.0 Å².